The maximum atomic E-state index is 11.9. The summed E-state index contributed by atoms with van der Waals surface area (Å²) in [5.74, 6) is 0.252. The molecule has 108 valence electrons. The second kappa shape index (κ2) is 7.19. The zero-order valence-electron chi connectivity index (χ0n) is 9.98. The Morgan fingerprint density at radius 3 is 2.53 bits per heavy atom. The minimum atomic E-state index is -4.39. The summed E-state index contributed by atoms with van der Waals surface area (Å²) >= 11 is 11.8. The van der Waals surface area contributed by atoms with Crippen LogP contribution in [0.25, 0.3) is 0 Å². The van der Waals surface area contributed by atoms with Crippen LogP contribution in [0.3, 0.4) is 0 Å². The molecule has 1 N–H and O–H groups in total. The molecule has 19 heavy (non-hydrogen) atoms. The van der Waals surface area contributed by atoms with Gasteiger partial charge in [0.25, 0.3) is 0 Å². The Morgan fingerprint density at radius 2 is 1.95 bits per heavy atom. The van der Waals surface area contributed by atoms with Crippen molar-refractivity contribution in [3.8, 4) is 5.75 Å². The van der Waals surface area contributed by atoms with E-state index >= 15 is 0 Å². The first kappa shape index (κ1) is 16.4. The third-order valence-electron chi connectivity index (χ3n) is 2.00. The Kier molecular flexibility index (Phi) is 6.19. The number of halogens is 5. The minimum Gasteiger partial charge on any atom is -0.466 e. The fourth-order valence-corrected chi connectivity index (χ4v) is 1.95. The maximum absolute atomic E-state index is 11.9. The predicted octanol–water partition coefficient (Wildman–Crippen LogP) is 3.63. The summed E-state index contributed by atoms with van der Waals surface area (Å²) in [7, 11) is 1.71. The van der Waals surface area contributed by atoms with Crippen LogP contribution in [0, 0.1) is 0 Å². The quantitative estimate of drug-likeness (QED) is 0.642. The summed E-state index contributed by atoms with van der Waals surface area (Å²) in [6.45, 7) is -1.51. The van der Waals surface area contributed by atoms with Crippen molar-refractivity contribution in [1.29, 1.82) is 0 Å². The normalized spacial score (nSPS) is 11.7. The Hall–Kier alpha value is -0.690. The fraction of sp³-hybridized carbons (Fsp3) is 0.455. The Bertz CT molecular complexity index is 427. The topological polar surface area (TPSA) is 30.5 Å². The predicted molar refractivity (Wildman–Crippen MR) is 66.7 cm³/mol. The largest absolute Gasteiger partial charge is 0.466 e. The minimum absolute atomic E-state index is 0.216. The third kappa shape index (κ3) is 5.86. The molecule has 0 heterocycles. The van der Waals surface area contributed by atoms with Crippen LogP contribution in [0.2, 0.25) is 10.0 Å². The van der Waals surface area contributed by atoms with Crippen LogP contribution in [0.1, 0.15) is 5.56 Å². The Morgan fingerprint density at radius 1 is 1.26 bits per heavy atom. The van der Waals surface area contributed by atoms with Gasteiger partial charge < -0.3 is 14.8 Å². The third-order valence-corrected chi connectivity index (χ3v) is 2.50. The van der Waals surface area contributed by atoms with Crippen LogP contribution in [0.5, 0.6) is 5.75 Å². The van der Waals surface area contributed by atoms with Crippen molar-refractivity contribution in [2.24, 2.45) is 0 Å². The molecule has 0 bridgehead atoms. The number of benzene rings is 1. The average Bonchev–Trinajstić information content (AvgIpc) is 2.25. The molecule has 0 saturated heterocycles. The molecule has 0 unspecified atom stereocenters. The molecule has 0 spiro atoms. The van der Waals surface area contributed by atoms with Crippen molar-refractivity contribution in [2.45, 2.75) is 12.7 Å². The van der Waals surface area contributed by atoms with E-state index in [4.69, 9.17) is 27.9 Å². The molecule has 1 aromatic rings. The van der Waals surface area contributed by atoms with E-state index in [9.17, 15) is 13.2 Å². The zero-order chi connectivity index (χ0) is 14.5. The molecule has 0 fully saturated rings. The van der Waals surface area contributed by atoms with Gasteiger partial charge in [-0.2, -0.15) is 13.2 Å². The van der Waals surface area contributed by atoms with Crippen molar-refractivity contribution >= 4 is 23.2 Å². The number of hydrogen-bond donors (Lipinski definition) is 1. The standard InChI is InChI=1S/C11H12Cl2F3NO2/c1-17-4-7-2-8(12)3-9(13)10(7)19-6-18-5-11(14,15)16/h2-3,17H,4-6H2,1H3. The van der Waals surface area contributed by atoms with Gasteiger partial charge in [0.05, 0.1) is 5.02 Å². The van der Waals surface area contributed by atoms with Gasteiger partial charge in [0.2, 0.25) is 0 Å². The van der Waals surface area contributed by atoms with Gasteiger partial charge >= 0.3 is 6.18 Å². The van der Waals surface area contributed by atoms with Crippen molar-refractivity contribution < 1.29 is 22.6 Å². The van der Waals surface area contributed by atoms with Crippen LogP contribution < -0.4 is 10.1 Å². The first-order valence-electron chi connectivity index (χ1n) is 5.23. The molecule has 0 aliphatic rings. The van der Waals surface area contributed by atoms with Crippen LogP contribution in [0.4, 0.5) is 13.2 Å². The van der Waals surface area contributed by atoms with Gasteiger partial charge in [-0.1, -0.05) is 23.2 Å². The van der Waals surface area contributed by atoms with E-state index in [0.29, 0.717) is 17.1 Å². The molecule has 0 aliphatic carbocycles. The first-order chi connectivity index (χ1) is 8.83. The molecule has 0 aromatic heterocycles. The molecule has 0 radical (unpaired) electrons. The lowest BCUT2D eigenvalue weighted by atomic mass is 10.2. The average molecular weight is 318 g/mol. The molecule has 8 heteroatoms. The summed E-state index contributed by atoms with van der Waals surface area (Å²) < 4.78 is 45.1. The van der Waals surface area contributed by atoms with E-state index in [1.165, 1.54) is 6.07 Å². The maximum Gasteiger partial charge on any atom is 0.411 e. The molecule has 1 rings (SSSR count). The molecular weight excluding hydrogens is 306 g/mol. The molecular formula is C11H12Cl2F3NO2. The van der Waals surface area contributed by atoms with Crippen LogP contribution in [-0.4, -0.2) is 26.6 Å². The summed E-state index contributed by atoms with van der Waals surface area (Å²) in [6, 6.07) is 3.06. The van der Waals surface area contributed by atoms with Crippen molar-refractivity contribution in [3.63, 3.8) is 0 Å². The van der Waals surface area contributed by atoms with Gasteiger partial charge in [0, 0.05) is 17.1 Å². The lowest BCUT2D eigenvalue weighted by Gasteiger charge is -2.14. The number of alkyl halides is 3. The van der Waals surface area contributed by atoms with Crippen LogP contribution in [0.15, 0.2) is 12.1 Å². The summed E-state index contributed by atoms with van der Waals surface area (Å²) in [5, 5.41) is 3.51. The van der Waals surface area contributed by atoms with Gasteiger partial charge in [0.1, 0.15) is 12.4 Å². The van der Waals surface area contributed by atoms with E-state index in [0.717, 1.165) is 0 Å². The van der Waals surface area contributed by atoms with Crippen LogP contribution >= 0.6 is 23.2 Å². The van der Waals surface area contributed by atoms with Gasteiger partial charge in [-0.05, 0) is 19.2 Å². The highest BCUT2D eigenvalue weighted by Gasteiger charge is 2.27. The highest BCUT2D eigenvalue weighted by atomic mass is 35.5. The SMILES string of the molecule is CNCc1cc(Cl)cc(Cl)c1OCOCC(F)(F)F. The monoisotopic (exact) mass is 317 g/mol. The lowest BCUT2D eigenvalue weighted by Crippen LogP contribution is -2.19. The lowest BCUT2D eigenvalue weighted by molar-refractivity contribution is -0.186. The second-order valence-electron chi connectivity index (χ2n) is 3.63. The number of ether oxygens (including phenoxy) is 2. The van der Waals surface area contributed by atoms with Gasteiger partial charge in [-0.25, -0.2) is 0 Å². The van der Waals surface area contributed by atoms with Crippen molar-refractivity contribution in [3.05, 3.63) is 27.7 Å². The zero-order valence-corrected chi connectivity index (χ0v) is 11.5. The number of hydrogen-bond acceptors (Lipinski definition) is 3. The van der Waals surface area contributed by atoms with Gasteiger partial charge in [-0.3, -0.25) is 0 Å². The first-order valence-corrected chi connectivity index (χ1v) is 5.99. The van der Waals surface area contributed by atoms with E-state index in [1.807, 2.05) is 0 Å². The summed E-state index contributed by atoms with van der Waals surface area (Å²) in [4.78, 5) is 0. The highest BCUT2D eigenvalue weighted by Crippen LogP contribution is 2.32. The van der Waals surface area contributed by atoms with Crippen molar-refractivity contribution in [2.75, 3.05) is 20.4 Å². The molecule has 3 nitrogen and oxygen atoms in total. The second-order valence-corrected chi connectivity index (χ2v) is 4.48. The van der Waals surface area contributed by atoms with E-state index < -0.39 is 19.6 Å². The highest BCUT2D eigenvalue weighted by molar-refractivity contribution is 6.35. The molecule has 0 amide bonds. The summed E-state index contributed by atoms with van der Waals surface area (Å²) in [5.41, 5.74) is 0.635. The molecule has 0 aliphatic heterocycles. The molecule has 0 atom stereocenters. The smallest absolute Gasteiger partial charge is 0.411 e. The number of nitrogens with one attached hydrogen (secondary N) is 1. The van der Waals surface area contributed by atoms with Crippen LogP contribution in [-0.2, 0) is 11.3 Å². The van der Waals surface area contributed by atoms with Gasteiger partial charge in [-0.15, -0.1) is 0 Å². The Labute approximate surface area is 118 Å². The summed E-state index contributed by atoms with van der Waals surface area (Å²) in [6.07, 6.45) is -4.39. The Balaban J connectivity index is 2.66. The fourth-order valence-electron chi connectivity index (χ4n) is 1.36. The van der Waals surface area contributed by atoms with E-state index in [1.54, 1.807) is 13.1 Å². The van der Waals surface area contributed by atoms with E-state index in [2.05, 4.69) is 10.1 Å². The van der Waals surface area contributed by atoms with Crippen molar-refractivity contribution in [1.82, 2.24) is 5.32 Å². The van der Waals surface area contributed by atoms with Gasteiger partial charge in [0.15, 0.2) is 6.79 Å². The number of rotatable bonds is 6. The molecule has 0 saturated carbocycles. The molecule has 1 aromatic carbocycles. The van der Waals surface area contributed by atoms with E-state index in [-0.39, 0.29) is 10.8 Å².